The molecule has 0 radical (unpaired) electrons. The van der Waals surface area contributed by atoms with Gasteiger partial charge in [0.15, 0.2) is 0 Å². The molecular formula is C14H23NO3. The Labute approximate surface area is 109 Å². The van der Waals surface area contributed by atoms with Gasteiger partial charge in [-0.05, 0) is 32.4 Å². The van der Waals surface area contributed by atoms with Crippen molar-refractivity contribution < 1.29 is 13.9 Å². The third-order valence-electron chi connectivity index (χ3n) is 3.42. The molecule has 1 aliphatic heterocycles. The maximum atomic E-state index is 5.74. The van der Waals surface area contributed by atoms with Crippen molar-refractivity contribution in [3.05, 3.63) is 23.7 Å². The first kappa shape index (κ1) is 13.6. The predicted molar refractivity (Wildman–Crippen MR) is 69.3 cm³/mol. The van der Waals surface area contributed by atoms with E-state index in [4.69, 9.17) is 13.9 Å². The van der Waals surface area contributed by atoms with Gasteiger partial charge in [0.1, 0.15) is 18.1 Å². The summed E-state index contributed by atoms with van der Waals surface area (Å²) in [6.45, 7) is 7.57. The van der Waals surface area contributed by atoms with Crippen LogP contribution in [0, 0.1) is 0 Å². The predicted octanol–water partition coefficient (Wildman–Crippen LogP) is 2.43. The minimum Gasteiger partial charge on any atom is -0.462 e. The molecule has 2 heterocycles. The highest BCUT2D eigenvalue weighted by Gasteiger charge is 2.22. The summed E-state index contributed by atoms with van der Waals surface area (Å²) >= 11 is 0. The van der Waals surface area contributed by atoms with Gasteiger partial charge in [-0.25, -0.2) is 0 Å². The van der Waals surface area contributed by atoms with Gasteiger partial charge >= 0.3 is 0 Å². The van der Waals surface area contributed by atoms with Crippen LogP contribution in [-0.2, 0) is 22.6 Å². The van der Waals surface area contributed by atoms with E-state index in [2.05, 4.69) is 18.7 Å². The molecule has 0 unspecified atom stereocenters. The van der Waals surface area contributed by atoms with Crippen LogP contribution in [0.4, 0.5) is 0 Å². The van der Waals surface area contributed by atoms with Crippen LogP contribution >= 0.6 is 0 Å². The van der Waals surface area contributed by atoms with Crippen LogP contribution < -0.4 is 0 Å². The fourth-order valence-corrected chi connectivity index (χ4v) is 2.33. The molecule has 2 rings (SSSR count). The summed E-state index contributed by atoms with van der Waals surface area (Å²) in [5.41, 5.74) is 0. The largest absolute Gasteiger partial charge is 0.462 e. The topological polar surface area (TPSA) is 34.8 Å². The van der Waals surface area contributed by atoms with E-state index in [1.54, 1.807) is 7.11 Å². The third kappa shape index (κ3) is 3.57. The molecule has 4 heteroatoms. The number of nitrogens with zero attached hydrogens (tertiary/aromatic N) is 1. The maximum Gasteiger partial charge on any atom is 0.129 e. The van der Waals surface area contributed by atoms with Crippen LogP contribution in [0.1, 0.15) is 31.8 Å². The van der Waals surface area contributed by atoms with E-state index in [0.717, 1.165) is 37.6 Å². The lowest BCUT2D eigenvalue weighted by Gasteiger charge is -2.26. The van der Waals surface area contributed by atoms with Crippen LogP contribution in [0.25, 0.3) is 0 Å². The second-order valence-corrected chi connectivity index (χ2v) is 5.05. The van der Waals surface area contributed by atoms with Gasteiger partial charge in [-0.1, -0.05) is 0 Å². The molecule has 0 amide bonds. The summed E-state index contributed by atoms with van der Waals surface area (Å²) in [4.78, 5) is 2.42. The Hall–Kier alpha value is -0.840. The molecule has 1 aromatic heterocycles. The number of hydrogen-bond donors (Lipinski definition) is 0. The molecule has 2 atom stereocenters. The zero-order chi connectivity index (χ0) is 13.0. The summed E-state index contributed by atoms with van der Waals surface area (Å²) in [7, 11) is 1.68. The van der Waals surface area contributed by atoms with E-state index in [1.165, 1.54) is 0 Å². The van der Waals surface area contributed by atoms with Gasteiger partial charge in [-0.15, -0.1) is 0 Å². The molecule has 0 aliphatic carbocycles. The van der Waals surface area contributed by atoms with Gasteiger partial charge in [0, 0.05) is 26.3 Å². The summed E-state index contributed by atoms with van der Waals surface area (Å²) in [5, 5.41) is 0. The first-order valence-electron chi connectivity index (χ1n) is 6.61. The fraction of sp³-hybridized carbons (Fsp3) is 0.714. The maximum absolute atomic E-state index is 5.74. The Morgan fingerprint density at radius 2 is 2.11 bits per heavy atom. The third-order valence-corrected chi connectivity index (χ3v) is 3.42. The molecule has 18 heavy (non-hydrogen) atoms. The van der Waals surface area contributed by atoms with Crippen molar-refractivity contribution in [2.45, 2.75) is 45.6 Å². The number of furan rings is 1. The molecule has 1 aromatic rings. The molecule has 1 aliphatic rings. The minimum absolute atomic E-state index is 0.295. The van der Waals surface area contributed by atoms with Crippen molar-refractivity contribution in [2.24, 2.45) is 0 Å². The molecule has 102 valence electrons. The van der Waals surface area contributed by atoms with E-state index in [0.29, 0.717) is 18.8 Å². The first-order valence-corrected chi connectivity index (χ1v) is 6.61. The van der Waals surface area contributed by atoms with Crippen LogP contribution in [0.3, 0.4) is 0 Å². The van der Waals surface area contributed by atoms with Crippen LogP contribution in [0.5, 0.6) is 0 Å². The summed E-state index contributed by atoms with van der Waals surface area (Å²) in [5.74, 6) is 1.89. The van der Waals surface area contributed by atoms with E-state index < -0.39 is 0 Å². The van der Waals surface area contributed by atoms with Gasteiger partial charge in [-0.3, -0.25) is 4.90 Å². The highest BCUT2D eigenvalue weighted by Crippen LogP contribution is 2.18. The first-order chi connectivity index (χ1) is 8.69. The standard InChI is InChI=1S/C14H23NO3/c1-11-6-7-17-12(2)8-15(11)9-13-4-5-14(18-13)10-16-3/h4-5,11-12H,6-10H2,1-3H3/t11-,12-/m1/s1. The molecule has 0 N–H and O–H groups in total. The van der Waals surface area contributed by atoms with Crippen molar-refractivity contribution in [1.29, 1.82) is 0 Å². The summed E-state index contributed by atoms with van der Waals surface area (Å²) in [6, 6.07) is 4.56. The summed E-state index contributed by atoms with van der Waals surface area (Å²) in [6.07, 6.45) is 1.37. The van der Waals surface area contributed by atoms with Gasteiger partial charge in [0.05, 0.1) is 12.6 Å². The van der Waals surface area contributed by atoms with Crippen molar-refractivity contribution in [3.63, 3.8) is 0 Å². The van der Waals surface area contributed by atoms with Crippen molar-refractivity contribution in [1.82, 2.24) is 4.90 Å². The highest BCUT2D eigenvalue weighted by molar-refractivity contribution is 5.06. The number of rotatable bonds is 4. The molecular weight excluding hydrogens is 230 g/mol. The fourth-order valence-electron chi connectivity index (χ4n) is 2.33. The Balaban J connectivity index is 1.97. The molecule has 1 saturated heterocycles. The normalized spacial score (nSPS) is 26.2. The zero-order valence-corrected chi connectivity index (χ0v) is 11.5. The average molecular weight is 253 g/mol. The van der Waals surface area contributed by atoms with Crippen molar-refractivity contribution in [2.75, 3.05) is 20.3 Å². The Bertz CT molecular complexity index is 364. The van der Waals surface area contributed by atoms with Gasteiger partial charge in [0.25, 0.3) is 0 Å². The van der Waals surface area contributed by atoms with Crippen LogP contribution in [0.2, 0.25) is 0 Å². The molecule has 4 nitrogen and oxygen atoms in total. The lowest BCUT2D eigenvalue weighted by Crippen LogP contribution is -2.35. The van der Waals surface area contributed by atoms with Crippen LogP contribution in [0.15, 0.2) is 16.5 Å². The Kier molecular flexibility index (Phi) is 4.80. The molecule has 1 fully saturated rings. The van der Waals surface area contributed by atoms with Gasteiger partial charge < -0.3 is 13.9 Å². The lowest BCUT2D eigenvalue weighted by molar-refractivity contribution is 0.0643. The number of hydrogen-bond acceptors (Lipinski definition) is 4. The number of methoxy groups -OCH3 is 1. The highest BCUT2D eigenvalue weighted by atomic mass is 16.5. The van der Waals surface area contributed by atoms with Crippen molar-refractivity contribution >= 4 is 0 Å². The second kappa shape index (κ2) is 6.36. The monoisotopic (exact) mass is 253 g/mol. The SMILES string of the molecule is COCc1ccc(CN2C[C@@H](C)OCC[C@H]2C)o1. The second-order valence-electron chi connectivity index (χ2n) is 5.05. The lowest BCUT2D eigenvalue weighted by atomic mass is 10.2. The smallest absolute Gasteiger partial charge is 0.129 e. The molecule has 0 aromatic carbocycles. The van der Waals surface area contributed by atoms with E-state index in [1.807, 2.05) is 12.1 Å². The van der Waals surface area contributed by atoms with E-state index >= 15 is 0 Å². The van der Waals surface area contributed by atoms with E-state index in [9.17, 15) is 0 Å². The van der Waals surface area contributed by atoms with E-state index in [-0.39, 0.29) is 0 Å². The Morgan fingerprint density at radius 1 is 1.33 bits per heavy atom. The van der Waals surface area contributed by atoms with Crippen molar-refractivity contribution in [3.8, 4) is 0 Å². The van der Waals surface area contributed by atoms with Gasteiger partial charge in [0.2, 0.25) is 0 Å². The molecule has 0 saturated carbocycles. The molecule has 0 bridgehead atoms. The average Bonchev–Trinajstić information content (AvgIpc) is 2.69. The minimum atomic E-state index is 0.295. The summed E-state index contributed by atoms with van der Waals surface area (Å²) < 4.78 is 16.5. The molecule has 0 spiro atoms. The quantitative estimate of drug-likeness (QED) is 0.825. The van der Waals surface area contributed by atoms with Gasteiger partial charge in [-0.2, -0.15) is 0 Å². The number of ether oxygens (including phenoxy) is 2. The Morgan fingerprint density at radius 3 is 2.89 bits per heavy atom. The van der Waals surface area contributed by atoms with Crippen LogP contribution in [-0.4, -0.2) is 37.3 Å². The zero-order valence-electron chi connectivity index (χ0n) is 11.5.